The van der Waals surface area contributed by atoms with Crippen molar-refractivity contribution in [1.82, 2.24) is 15.1 Å². The number of nitrogens with zero attached hydrogens (tertiary/aromatic N) is 3. The Balaban J connectivity index is 1.88. The van der Waals surface area contributed by atoms with Crippen molar-refractivity contribution < 1.29 is 9.59 Å². The predicted molar refractivity (Wildman–Crippen MR) is 98.3 cm³/mol. The summed E-state index contributed by atoms with van der Waals surface area (Å²) in [5.41, 5.74) is -0.123. The molecule has 1 saturated heterocycles. The minimum atomic E-state index is -0.857. The second-order valence-corrected chi connectivity index (χ2v) is 7.73. The van der Waals surface area contributed by atoms with Gasteiger partial charge in [0.05, 0.1) is 18.2 Å². The van der Waals surface area contributed by atoms with Crippen molar-refractivity contribution in [2.45, 2.75) is 32.7 Å². The van der Waals surface area contributed by atoms with Gasteiger partial charge in [-0.3, -0.25) is 14.5 Å². The summed E-state index contributed by atoms with van der Waals surface area (Å²) in [4.78, 5) is 28.7. The molecule has 25 heavy (non-hydrogen) atoms. The zero-order valence-electron chi connectivity index (χ0n) is 15.1. The molecule has 0 radical (unpaired) electrons. The van der Waals surface area contributed by atoms with E-state index < -0.39 is 5.54 Å². The molecule has 1 aliphatic heterocycles. The third kappa shape index (κ3) is 5.03. The lowest BCUT2D eigenvalue weighted by Gasteiger charge is -2.29. The van der Waals surface area contributed by atoms with Gasteiger partial charge in [0.1, 0.15) is 5.54 Å². The fourth-order valence-electron chi connectivity index (χ4n) is 2.73. The molecule has 1 atom stereocenters. The van der Waals surface area contributed by atoms with Crippen LogP contribution in [-0.4, -0.2) is 59.9 Å². The summed E-state index contributed by atoms with van der Waals surface area (Å²) < 4.78 is 0. The highest BCUT2D eigenvalue weighted by Gasteiger charge is 2.30. The molecule has 0 aromatic carbocycles. The van der Waals surface area contributed by atoms with Gasteiger partial charge >= 0.3 is 0 Å². The standard InChI is InChI=1S/C18H26N4O2S/c1-14(2)18(3,13-19)20-16(23)11-21-6-4-7-22(9-8-21)17(24)15-5-10-25-12-15/h5,10,12,14H,4,6-9,11H2,1-3H3,(H,20,23). The molecule has 1 aromatic rings. The molecule has 0 aliphatic carbocycles. The molecular formula is C18H26N4O2S. The van der Waals surface area contributed by atoms with E-state index >= 15 is 0 Å². The van der Waals surface area contributed by atoms with Crippen LogP contribution >= 0.6 is 11.3 Å². The van der Waals surface area contributed by atoms with E-state index in [4.69, 9.17) is 0 Å². The predicted octanol–water partition coefficient (Wildman–Crippen LogP) is 1.95. The van der Waals surface area contributed by atoms with Gasteiger partial charge < -0.3 is 10.2 Å². The zero-order chi connectivity index (χ0) is 18.4. The fraction of sp³-hybridized carbons (Fsp3) is 0.611. The monoisotopic (exact) mass is 362 g/mol. The molecule has 136 valence electrons. The normalized spacial score (nSPS) is 18.3. The van der Waals surface area contributed by atoms with Gasteiger partial charge in [0, 0.05) is 31.6 Å². The number of hydrogen-bond acceptors (Lipinski definition) is 5. The van der Waals surface area contributed by atoms with Crippen LogP contribution in [0.5, 0.6) is 0 Å². The molecule has 2 heterocycles. The quantitative estimate of drug-likeness (QED) is 0.869. The molecule has 2 rings (SSSR count). The van der Waals surface area contributed by atoms with Crippen LogP contribution in [0, 0.1) is 17.2 Å². The summed E-state index contributed by atoms with van der Waals surface area (Å²) in [6.07, 6.45) is 0.836. The van der Waals surface area contributed by atoms with Crippen LogP contribution in [-0.2, 0) is 4.79 Å². The lowest BCUT2D eigenvalue weighted by Crippen LogP contribution is -2.52. The van der Waals surface area contributed by atoms with Crippen LogP contribution in [0.25, 0.3) is 0 Å². The molecule has 2 amide bonds. The van der Waals surface area contributed by atoms with Gasteiger partial charge in [-0.15, -0.1) is 0 Å². The Labute approximate surface area is 153 Å². The number of hydrogen-bond donors (Lipinski definition) is 1. The van der Waals surface area contributed by atoms with Gasteiger partial charge in [0.15, 0.2) is 0 Å². The molecule has 1 N–H and O–H groups in total. The van der Waals surface area contributed by atoms with Crippen molar-refractivity contribution in [2.75, 3.05) is 32.7 Å². The Bertz CT molecular complexity index is 638. The molecule has 0 saturated carbocycles. The van der Waals surface area contributed by atoms with Crippen molar-refractivity contribution in [3.8, 4) is 6.07 Å². The highest BCUT2D eigenvalue weighted by Crippen LogP contribution is 2.15. The first-order valence-corrected chi connectivity index (χ1v) is 9.56. The van der Waals surface area contributed by atoms with E-state index in [-0.39, 0.29) is 24.3 Å². The van der Waals surface area contributed by atoms with Gasteiger partial charge in [0.2, 0.25) is 5.91 Å². The smallest absolute Gasteiger partial charge is 0.254 e. The Morgan fingerprint density at radius 2 is 2.12 bits per heavy atom. The lowest BCUT2D eigenvalue weighted by atomic mass is 9.90. The van der Waals surface area contributed by atoms with Crippen molar-refractivity contribution in [3.63, 3.8) is 0 Å². The lowest BCUT2D eigenvalue weighted by molar-refractivity contribution is -0.123. The molecule has 0 spiro atoms. The molecule has 1 aromatic heterocycles. The van der Waals surface area contributed by atoms with Crippen molar-refractivity contribution in [2.24, 2.45) is 5.92 Å². The molecule has 7 heteroatoms. The number of carbonyl (C=O) groups is 2. The molecular weight excluding hydrogens is 336 g/mol. The van der Waals surface area contributed by atoms with Crippen LogP contribution in [0.4, 0.5) is 0 Å². The molecule has 1 aliphatic rings. The fourth-order valence-corrected chi connectivity index (χ4v) is 3.36. The van der Waals surface area contributed by atoms with Gasteiger partial charge in [-0.1, -0.05) is 13.8 Å². The van der Waals surface area contributed by atoms with Crippen LogP contribution in [0.2, 0.25) is 0 Å². The Kier molecular flexibility index (Phi) is 6.57. The second kappa shape index (κ2) is 8.45. The van der Waals surface area contributed by atoms with E-state index in [0.29, 0.717) is 19.6 Å². The van der Waals surface area contributed by atoms with E-state index in [1.54, 1.807) is 6.92 Å². The van der Waals surface area contributed by atoms with Gasteiger partial charge in [-0.05, 0) is 30.7 Å². The maximum absolute atomic E-state index is 12.4. The minimum Gasteiger partial charge on any atom is -0.337 e. The van der Waals surface area contributed by atoms with Crippen LogP contribution in [0.3, 0.4) is 0 Å². The van der Waals surface area contributed by atoms with Crippen molar-refractivity contribution >= 4 is 23.2 Å². The van der Waals surface area contributed by atoms with Crippen LogP contribution < -0.4 is 5.32 Å². The molecule has 6 nitrogen and oxygen atoms in total. The third-order valence-electron chi connectivity index (χ3n) is 4.80. The topological polar surface area (TPSA) is 76.4 Å². The summed E-state index contributed by atoms with van der Waals surface area (Å²) in [6, 6.07) is 4.04. The van der Waals surface area contributed by atoms with E-state index in [2.05, 4.69) is 11.4 Å². The van der Waals surface area contributed by atoms with E-state index in [1.807, 2.05) is 40.5 Å². The van der Waals surface area contributed by atoms with Gasteiger partial charge in [0.25, 0.3) is 5.91 Å². The number of carbonyl (C=O) groups excluding carboxylic acids is 2. The van der Waals surface area contributed by atoms with Gasteiger partial charge in [-0.2, -0.15) is 16.6 Å². The summed E-state index contributed by atoms with van der Waals surface area (Å²) >= 11 is 1.52. The van der Waals surface area contributed by atoms with E-state index in [9.17, 15) is 14.9 Å². The van der Waals surface area contributed by atoms with Crippen LogP contribution in [0.1, 0.15) is 37.6 Å². The molecule has 1 unspecified atom stereocenters. The molecule has 0 bridgehead atoms. The number of rotatable bonds is 5. The summed E-state index contributed by atoms with van der Waals surface area (Å²) in [5.74, 6) is -0.0518. The maximum Gasteiger partial charge on any atom is 0.254 e. The Hall–Kier alpha value is -1.91. The SMILES string of the molecule is CC(C)C(C)(C#N)NC(=O)CN1CCCN(C(=O)c2ccsc2)CC1. The first kappa shape index (κ1) is 19.4. The first-order chi connectivity index (χ1) is 11.9. The number of thiophene rings is 1. The highest BCUT2D eigenvalue weighted by atomic mass is 32.1. The maximum atomic E-state index is 12.4. The third-order valence-corrected chi connectivity index (χ3v) is 5.48. The summed E-state index contributed by atoms with van der Waals surface area (Å²) in [5, 5.41) is 15.9. The van der Waals surface area contributed by atoms with Gasteiger partial charge in [-0.25, -0.2) is 0 Å². The van der Waals surface area contributed by atoms with Crippen molar-refractivity contribution in [3.05, 3.63) is 22.4 Å². The van der Waals surface area contributed by atoms with Crippen LogP contribution in [0.15, 0.2) is 16.8 Å². The number of amides is 2. The minimum absolute atomic E-state index is 0.0318. The zero-order valence-corrected chi connectivity index (χ0v) is 15.9. The summed E-state index contributed by atoms with van der Waals surface area (Å²) in [7, 11) is 0. The first-order valence-electron chi connectivity index (χ1n) is 8.62. The van der Waals surface area contributed by atoms with Crippen molar-refractivity contribution in [1.29, 1.82) is 5.26 Å². The largest absolute Gasteiger partial charge is 0.337 e. The summed E-state index contributed by atoms with van der Waals surface area (Å²) in [6.45, 7) is 8.59. The average molecular weight is 362 g/mol. The number of nitriles is 1. The average Bonchev–Trinajstić information content (AvgIpc) is 3.01. The Morgan fingerprint density at radius 1 is 1.36 bits per heavy atom. The van der Waals surface area contributed by atoms with E-state index in [1.165, 1.54) is 11.3 Å². The highest BCUT2D eigenvalue weighted by molar-refractivity contribution is 7.08. The second-order valence-electron chi connectivity index (χ2n) is 6.95. The van der Waals surface area contributed by atoms with E-state index in [0.717, 1.165) is 18.5 Å². The number of nitrogens with one attached hydrogen (secondary N) is 1. The molecule has 1 fully saturated rings. The Morgan fingerprint density at radius 3 is 2.72 bits per heavy atom.